The van der Waals surface area contributed by atoms with E-state index in [-0.39, 0.29) is 11.7 Å². The number of phenolic OH excluding ortho intramolecular Hbond substituents is 1. The summed E-state index contributed by atoms with van der Waals surface area (Å²) in [5, 5.41) is 15.4. The van der Waals surface area contributed by atoms with Gasteiger partial charge in [-0.15, -0.1) is 11.3 Å². The molecule has 0 spiro atoms. The first-order chi connectivity index (χ1) is 10.1. The van der Waals surface area contributed by atoms with E-state index in [0.717, 1.165) is 29.5 Å². The maximum atomic E-state index is 11.1. The van der Waals surface area contributed by atoms with E-state index in [9.17, 15) is 9.90 Å². The molecular weight excluding hydrogens is 286 g/mol. The minimum atomic E-state index is -0.210. The van der Waals surface area contributed by atoms with Crippen LogP contribution in [-0.4, -0.2) is 29.1 Å². The zero-order chi connectivity index (χ0) is 14.8. The highest BCUT2D eigenvalue weighted by molar-refractivity contribution is 7.14. The van der Waals surface area contributed by atoms with E-state index < -0.39 is 0 Å². The van der Waals surface area contributed by atoms with Crippen LogP contribution in [0.15, 0.2) is 23.6 Å². The largest absolute Gasteiger partial charge is 0.506 e. The van der Waals surface area contributed by atoms with Crippen molar-refractivity contribution >= 4 is 28.1 Å². The van der Waals surface area contributed by atoms with Gasteiger partial charge in [0.15, 0.2) is 5.13 Å². The number of hydrogen-bond donors (Lipinski definition) is 2. The Hall–Kier alpha value is -2.08. The lowest BCUT2D eigenvalue weighted by atomic mass is 10.1. The van der Waals surface area contributed by atoms with Crippen LogP contribution in [0.2, 0.25) is 0 Å². The molecule has 1 aliphatic heterocycles. The van der Waals surface area contributed by atoms with Crippen LogP contribution in [0.3, 0.4) is 0 Å². The molecule has 0 unspecified atom stereocenters. The molecule has 3 rings (SSSR count). The number of nitrogens with one attached hydrogen (secondary N) is 1. The Morgan fingerprint density at radius 3 is 2.86 bits per heavy atom. The molecule has 2 aromatic rings. The molecule has 2 N–H and O–H groups in total. The molecule has 110 valence electrons. The van der Waals surface area contributed by atoms with Crippen molar-refractivity contribution in [3.05, 3.63) is 23.6 Å². The van der Waals surface area contributed by atoms with Crippen molar-refractivity contribution in [3.63, 3.8) is 0 Å². The fraction of sp³-hybridized carbons (Fsp3) is 0.333. The number of amides is 1. The van der Waals surface area contributed by atoms with Crippen molar-refractivity contribution < 1.29 is 9.90 Å². The van der Waals surface area contributed by atoms with Crippen molar-refractivity contribution in [2.75, 3.05) is 23.3 Å². The predicted molar refractivity (Wildman–Crippen MR) is 85.0 cm³/mol. The summed E-state index contributed by atoms with van der Waals surface area (Å²) in [7, 11) is 0. The van der Waals surface area contributed by atoms with E-state index in [2.05, 4.69) is 15.2 Å². The number of nitrogens with zero attached hydrogens (tertiary/aromatic N) is 2. The summed E-state index contributed by atoms with van der Waals surface area (Å²) in [5.74, 6) is -0.151. The number of anilines is 2. The Labute approximate surface area is 127 Å². The number of benzene rings is 1. The van der Waals surface area contributed by atoms with E-state index in [0.29, 0.717) is 5.69 Å². The first-order valence-electron chi connectivity index (χ1n) is 6.95. The summed E-state index contributed by atoms with van der Waals surface area (Å²) in [6.45, 7) is 3.56. The summed E-state index contributed by atoms with van der Waals surface area (Å²) >= 11 is 1.63. The number of carbonyl (C=O) groups is 1. The molecule has 1 aromatic heterocycles. The molecule has 0 aliphatic carbocycles. The Morgan fingerprint density at radius 1 is 1.38 bits per heavy atom. The van der Waals surface area contributed by atoms with Crippen molar-refractivity contribution in [1.82, 2.24) is 4.98 Å². The molecule has 0 radical (unpaired) electrons. The van der Waals surface area contributed by atoms with Gasteiger partial charge in [0.25, 0.3) is 0 Å². The highest BCUT2D eigenvalue weighted by Crippen LogP contribution is 2.33. The highest BCUT2D eigenvalue weighted by Gasteiger charge is 2.16. The third-order valence-corrected chi connectivity index (χ3v) is 4.37. The number of phenols is 1. The van der Waals surface area contributed by atoms with E-state index in [1.54, 1.807) is 23.5 Å². The van der Waals surface area contributed by atoms with Crippen molar-refractivity contribution in [3.8, 4) is 17.0 Å². The van der Waals surface area contributed by atoms with E-state index >= 15 is 0 Å². The van der Waals surface area contributed by atoms with Gasteiger partial charge in [0.05, 0.1) is 11.4 Å². The molecule has 5 nitrogen and oxygen atoms in total. The second kappa shape index (κ2) is 5.73. The monoisotopic (exact) mass is 303 g/mol. The highest BCUT2D eigenvalue weighted by atomic mass is 32.1. The number of aromatic hydroxyl groups is 1. The van der Waals surface area contributed by atoms with Gasteiger partial charge >= 0.3 is 0 Å². The van der Waals surface area contributed by atoms with Crippen molar-refractivity contribution in [2.24, 2.45) is 0 Å². The molecule has 0 bridgehead atoms. The van der Waals surface area contributed by atoms with Gasteiger partial charge in [0, 0.05) is 31.0 Å². The van der Waals surface area contributed by atoms with Crippen LogP contribution in [0.4, 0.5) is 10.8 Å². The van der Waals surface area contributed by atoms with E-state index in [1.165, 1.54) is 19.8 Å². The molecule has 2 heterocycles. The maximum Gasteiger partial charge on any atom is 0.221 e. The lowest BCUT2D eigenvalue weighted by molar-refractivity contribution is -0.114. The van der Waals surface area contributed by atoms with Crippen molar-refractivity contribution in [1.29, 1.82) is 0 Å². The normalized spacial score (nSPS) is 14.4. The van der Waals surface area contributed by atoms with Gasteiger partial charge < -0.3 is 15.3 Å². The van der Waals surface area contributed by atoms with Crippen LogP contribution in [0.25, 0.3) is 11.3 Å². The third kappa shape index (κ3) is 3.00. The summed E-state index contributed by atoms with van der Waals surface area (Å²) in [6, 6.07) is 5.14. The lowest BCUT2D eigenvalue weighted by Gasteiger charge is -2.12. The standard InChI is InChI=1S/C15H17N3O2S/c1-10(19)16-12-8-11(4-5-14(12)20)13-9-21-15(17-13)18-6-2-3-7-18/h4-5,8-9,20H,2-3,6-7H2,1H3,(H,16,19). The third-order valence-electron chi connectivity index (χ3n) is 3.47. The maximum absolute atomic E-state index is 11.1. The summed E-state index contributed by atoms with van der Waals surface area (Å²) < 4.78 is 0. The number of thiazole rings is 1. The Kier molecular flexibility index (Phi) is 3.79. The minimum absolute atomic E-state index is 0.0592. The van der Waals surface area contributed by atoms with Crippen LogP contribution in [-0.2, 0) is 4.79 Å². The first-order valence-corrected chi connectivity index (χ1v) is 7.83. The van der Waals surface area contributed by atoms with E-state index in [1.807, 2.05) is 11.4 Å². The van der Waals surface area contributed by atoms with Gasteiger partial charge in [-0.2, -0.15) is 0 Å². The average Bonchev–Trinajstić information content (AvgIpc) is 3.10. The summed E-state index contributed by atoms with van der Waals surface area (Å²) in [4.78, 5) is 18.1. The van der Waals surface area contributed by atoms with Crippen LogP contribution in [0, 0.1) is 0 Å². The fourth-order valence-corrected chi connectivity index (χ4v) is 3.32. The second-order valence-electron chi connectivity index (χ2n) is 5.12. The number of hydrogen-bond acceptors (Lipinski definition) is 5. The number of carbonyl (C=O) groups excluding carboxylic acids is 1. The fourth-order valence-electron chi connectivity index (χ4n) is 2.44. The molecule has 1 aliphatic rings. The van der Waals surface area contributed by atoms with Gasteiger partial charge in [-0.05, 0) is 31.0 Å². The van der Waals surface area contributed by atoms with Crippen LogP contribution >= 0.6 is 11.3 Å². The first kappa shape index (κ1) is 13.9. The molecule has 1 aromatic carbocycles. The number of aromatic nitrogens is 1. The van der Waals surface area contributed by atoms with Crippen LogP contribution in [0.5, 0.6) is 5.75 Å². The molecule has 6 heteroatoms. The molecule has 1 fully saturated rings. The lowest BCUT2D eigenvalue weighted by Crippen LogP contribution is -2.17. The summed E-state index contributed by atoms with van der Waals surface area (Å²) in [6.07, 6.45) is 2.45. The molecule has 1 amide bonds. The quantitative estimate of drug-likeness (QED) is 0.855. The SMILES string of the molecule is CC(=O)Nc1cc(-c2csc(N3CCCC3)n2)ccc1O. The smallest absolute Gasteiger partial charge is 0.221 e. The molecule has 0 atom stereocenters. The van der Waals surface area contributed by atoms with E-state index in [4.69, 9.17) is 0 Å². The minimum Gasteiger partial charge on any atom is -0.506 e. The zero-order valence-electron chi connectivity index (χ0n) is 11.8. The van der Waals surface area contributed by atoms with Gasteiger partial charge in [-0.1, -0.05) is 0 Å². The zero-order valence-corrected chi connectivity index (χ0v) is 12.6. The van der Waals surface area contributed by atoms with Gasteiger partial charge in [0.2, 0.25) is 5.91 Å². The Bertz CT molecular complexity index is 663. The average molecular weight is 303 g/mol. The van der Waals surface area contributed by atoms with Crippen LogP contribution in [0.1, 0.15) is 19.8 Å². The van der Waals surface area contributed by atoms with Gasteiger partial charge in [-0.3, -0.25) is 4.79 Å². The predicted octanol–water partition coefficient (Wildman–Crippen LogP) is 3.07. The molecular formula is C15H17N3O2S. The second-order valence-corrected chi connectivity index (χ2v) is 5.96. The number of rotatable bonds is 3. The Balaban J connectivity index is 1.87. The molecule has 1 saturated heterocycles. The van der Waals surface area contributed by atoms with Crippen molar-refractivity contribution in [2.45, 2.75) is 19.8 Å². The Morgan fingerprint density at radius 2 is 2.14 bits per heavy atom. The van der Waals surface area contributed by atoms with Crippen LogP contribution < -0.4 is 10.2 Å². The topological polar surface area (TPSA) is 65.5 Å². The summed E-state index contributed by atoms with van der Waals surface area (Å²) in [5.41, 5.74) is 2.17. The van der Waals surface area contributed by atoms with Gasteiger partial charge in [0.1, 0.15) is 5.75 Å². The molecule has 21 heavy (non-hydrogen) atoms. The van der Waals surface area contributed by atoms with Gasteiger partial charge in [-0.25, -0.2) is 4.98 Å². The molecule has 0 saturated carbocycles.